The third-order valence-electron chi connectivity index (χ3n) is 22.6. The fourth-order valence-electron chi connectivity index (χ4n) is 16.8. The fraction of sp³-hybridized carbons (Fsp3) is 0.112. The van der Waals surface area contributed by atoms with Crippen molar-refractivity contribution in [1.29, 1.82) is 0 Å². The maximum absolute atomic E-state index is 8.89. The van der Waals surface area contributed by atoms with Gasteiger partial charge in [0.25, 0.3) is 0 Å². The molecule has 0 unspecified atom stereocenters. The molecular formula is C116H115Br2Cl2O2P5. The number of benzene rings is 17. The molecule has 0 heterocycles. The van der Waals surface area contributed by atoms with Gasteiger partial charge in [-0.3, -0.25) is 0 Å². The highest BCUT2D eigenvalue weighted by Crippen LogP contribution is 2.61. The molecule has 0 aromatic heterocycles. The van der Waals surface area contributed by atoms with E-state index in [1.807, 2.05) is 0 Å². The lowest BCUT2D eigenvalue weighted by Crippen LogP contribution is -3.00. The molecule has 17 aromatic carbocycles. The molecule has 0 fully saturated rings. The maximum atomic E-state index is 8.89. The summed E-state index contributed by atoms with van der Waals surface area (Å²) in [7, 11) is -8.22. The summed E-state index contributed by atoms with van der Waals surface area (Å²) in [5.74, 6) is -1.08. The molecule has 17 rings (SSSR count). The lowest BCUT2D eigenvalue weighted by atomic mass is 10.2. The molecule has 11 heteroatoms. The second-order valence-corrected chi connectivity index (χ2v) is 48.3. The molecular weight excluding hydrogens is 1810 g/mol. The van der Waals surface area contributed by atoms with E-state index in [1.165, 1.54) is 129 Å². The number of carbonyl (C=O) groups is 1. The summed E-state index contributed by atoms with van der Waals surface area (Å²) in [6.07, 6.45) is 10.7. The second-order valence-electron chi connectivity index (χ2n) is 30.3. The third-order valence-corrected chi connectivity index (χ3v) is 44.9. The third kappa shape index (κ3) is 26.3. The predicted octanol–water partition coefficient (Wildman–Crippen LogP) is 10.7. The Morgan fingerprint density at radius 2 is 0.307 bits per heavy atom. The molecule has 0 aliphatic carbocycles. The van der Waals surface area contributed by atoms with Crippen LogP contribution in [0.3, 0.4) is 0 Å². The lowest BCUT2D eigenvalue weighted by Gasteiger charge is -2.27. The van der Waals surface area contributed by atoms with Gasteiger partial charge >= 0.3 is 0 Å². The van der Waals surface area contributed by atoms with Gasteiger partial charge in [-0.15, -0.1) is 0 Å². The largest absolute Gasteiger partial charge is 1.00 e. The quantitative estimate of drug-likeness (QED) is 0.0507. The van der Waals surface area contributed by atoms with Gasteiger partial charge in [0, 0.05) is 5.97 Å². The SMILES string of the molecule is CC(=O)[O-].CCCC[P+](c1ccccc1)(c1ccccc1)c1ccccc1.CCCC[P+](c1ccccc1)(c1ccccc1)c1ccccc1.CC[P+](c1ccccc1)(c1ccccc1)c1ccccc1.[Br-].[Br-].[Cl-].[Cl-].c1ccc(C[P+](c2ccccc2)(c2ccccc2)c2ccccc2)cc1.c1ccc(C[P+](c2ccccc2)(c2ccccc2)c2ccccc2)cc1. The molecule has 0 radical (unpaired) electrons. The number of rotatable bonds is 26. The molecule has 0 atom stereocenters. The molecule has 127 heavy (non-hydrogen) atoms. The summed E-state index contributed by atoms with van der Waals surface area (Å²) < 4.78 is 0. The van der Waals surface area contributed by atoms with E-state index >= 15 is 0 Å². The van der Waals surface area contributed by atoms with E-state index in [9.17, 15) is 0 Å². The molecule has 0 saturated heterocycles. The Bertz CT molecular complexity index is 4980. The van der Waals surface area contributed by atoms with Crippen molar-refractivity contribution in [3.63, 3.8) is 0 Å². The zero-order valence-corrected chi connectivity index (χ0v) is 82.2. The Labute approximate surface area is 794 Å². The molecule has 0 aliphatic heterocycles. The average molecular weight is 1930 g/mol. The lowest BCUT2D eigenvalue weighted by molar-refractivity contribution is -0.302. The first-order valence-electron chi connectivity index (χ1n) is 43.2. The minimum atomic E-state index is -1.78. The molecule has 2 nitrogen and oxygen atoms in total. The van der Waals surface area contributed by atoms with Gasteiger partial charge in [-0.2, -0.15) is 0 Å². The van der Waals surface area contributed by atoms with Gasteiger partial charge in [-0.05, 0) is 220 Å². The van der Waals surface area contributed by atoms with E-state index in [0.717, 1.165) is 25.4 Å². The first-order valence-corrected chi connectivity index (χ1v) is 53.0. The number of hydrogen-bond donors (Lipinski definition) is 0. The summed E-state index contributed by atoms with van der Waals surface area (Å²) in [4.78, 5) is 8.89. The van der Waals surface area contributed by atoms with Gasteiger partial charge in [0.05, 0.1) is 30.8 Å². The van der Waals surface area contributed by atoms with Crippen molar-refractivity contribution < 1.29 is 68.7 Å². The fourth-order valence-corrected chi connectivity index (χ4v) is 38.4. The van der Waals surface area contributed by atoms with Crippen LogP contribution in [0.1, 0.15) is 64.5 Å². The van der Waals surface area contributed by atoms with Gasteiger partial charge in [-0.25, -0.2) is 0 Å². The number of carboxylic acid groups (broad SMARTS) is 1. The summed E-state index contributed by atoms with van der Waals surface area (Å²) in [5.41, 5.74) is 2.77. The van der Waals surface area contributed by atoms with Crippen LogP contribution in [-0.4, -0.2) is 24.5 Å². The number of carbonyl (C=O) groups excluding carboxylic acids is 1. The minimum absolute atomic E-state index is 0. The van der Waals surface area contributed by atoms with Crippen molar-refractivity contribution in [2.45, 2.75) is 65.7 Å². The topological polar surface area (TPSA) is 40.1 Å². The van der Waals surface area contributed by atoms with Crippen molar-refractivity contribution >= 4 is 122 Å². The summed E-state index contributed by atoms with van der Waals surface area (Å²) >= 11 is 0. The number of unbranched alkanes of at least 4 members (excludes halogenated alkanes) is 2. The second kappa shape index (κ2) is 54.3. The molecule has 0 bridgehead atoms. The Morgan fingerprint density at radius 3 is 0.425 bits per heavy atom. The van der Waals surface area contributed by atoms with Crippen LogP contribution in [0.5, 0.6) is 0 Å². The highest BCUT2D eigenvalue weighted by Gasteiger charge is 2.49. The Balaban J connectivity index is 0.000000193. The molecule has 17 aromatic rings. The average Bonchev–Trinajstić information content (AvgIpc) is 0.769. The van der Waals surface area contributed by atoms with Gasteiger partial charge in [-0.1, -0.05) is 360 Å². The van der Waals surface area contributed by atoms with Crippen LogP contribution in [0.25, 0.3) is 0 Å². The van der Waals surface area contributed by atoms with Crippen LogP contribution >= 0.6 is 36.3 Å². The van der Waals surface area contributed by atoms with Crippen molar-refractivity contribution in [1.82, 2.24) is 0 Å². The van der Waals surface area contributed by atoms with Gasteiger partial charge in [0.15, 0.2) is 0 Å². The molecule has 0 saturated carbocycles. The predicted molar refractivity (Wildman–Crippen MR) is 547 cm³/mol. The summed E-state index contributed by atoms with van der Waals surface area (Å²) in [6.45, 7) is 7.87. The summed E-state index contributed by atoms with van der Waals surface area (Å²) in [6, 6.07) is 188. The first kappa shape index (κ1) is 102. The van der Waals surface area contributed by atoms with Crippen molar-refractivity contribution in [2.24, 2.45) is 0 Å². The van der Waals surface area contributed by atoms with Crippen LogP contribution in [0.15, 0.2) is 516 Å². The Morgan fingerprint density at radius 1 is 0.197 bits per heavy atom. The van der Waals surface area contributed by atoms with Crippen LogP contribution in [0, 0.1) is 0 Å². The van der Waals surface area contributed by atoms with Crippen LogP contribution in [0.2, 0.25) is 0 Å². The van der Waals surface area contributed by atoms with E-state index in [2.05, 4.69) is 536 Å². The van der Waals surface area contributed by atoms with Gasteiger partial charge < -0.3 is 68.7 Å². The Hall–Kier alpha value is -10.1. The van der Waals surface area contributed by atoms with Crippen molar-refractivity contribution in [2.75, 3.05) is 18.5 Å². The zero-order valence-electron chi connectivity index (χ0n) is 73.0. The van der Waals surface area contributed by atoms with Gasteiger partial charge in [0.2, 0.25) is 0 Å². The normalized spacial score (nSPS) is 10.8. The van der Waals surface area contributed by atoms with Crippen molar-refractivity contribution in [3.8, 4) is 0 Å². The molecule has 0 spiro atoms. The standard InChI is InChI=1S/2C25H22P.2C22H24P.C20H20P.C2H4O2.2BrH.2ClH/c2*1-5-13-22(14-6-1)21-26(23-15-7-2-8-16-23,24-17-9-3-10-18-24)25-19-11-4-12-20-25;2*1-2-3-19-23(20-13-7-4-8-14-20,21-15-9-5-10-16-21)22-17-11-6-12-18-22;1-2-21(18-12-6-3-7-13-18,19-14-8-4-9-15-19)20-16-10-5-11-17-20;1-2(3)4;;;;/h2*1-20H,21H2;2*4-18H,2-3,19H2,1H3;3-17H,2H2,1H3;1H3,(H,3,4);4*1H/q5*+1;;;;;/p-5. The van der Waals surface area contributed by atoms with Crippen molar-refractivity contribution in [3.05, 3.63) is 527 Å². The van der Waals surface area contributed by atoms with Crippen LogP contribution in [-0.2, 0) is 17.1 Å². The van der Waals surface area contributed by atoms with Crippen LogP contribution < -0.4 is 143 Å². The molecule has 644 valence electrons. The maximum Gasteiger partial charge on any atom is 0.116 e. The number of carboxylic acids is 1. The highest BCUT2D eigenvalue weighted by atomic mass is 79.9. The van der Waals surface area contributed by atoms with Gasteiger partial charge in [0.1, 0.15) is 116 Å². The highest BCUT2D eigenvalue weighted by molar-refractivity contribution is 7.97. The van der Waals surface area contributed by atoms with E-state index in [4.69, 9.17) is 9.90 Å². The first-order chi connectivity index (χ1) is 60.6. The molecule has 0 N–H and O–H groups in total. The van der Waals surface area contributed by atoms with E-state index in [0.29, 0.717) is 0 Å². The van der Waals surface area contributed by atoms with Crippen LogP contribution in [0.4, 0.5) is 0 Å². The van der Waals surface area contributed by atoms with E-state index in [1.54, 1.807) is 0 Å². The number of hydrogen-bond acceptors (Lipinski definition) is 2. The van der Waals surface area contributed by atoms with E-state index < -0.39 is 42.3 Å². The molecule has 0 aliphatic rings. The molecule has 0 amide bonds. The minimum Gasteiger partial charge on any atom is -1.00 e. The number of halogens is 4. The number of aliphatic carboxylic acids is 1. The zero-order chi connectivity index (χ0) is 85.4. The summed E-state index contributed by atoms with van der Waals surface area (Å²) in [5, 5.41) is 30.8. The smallest absolute Gasteiger partial charge is 0.116 e. The Kier molecular flexibility index (Phi) is 43.7. The monoisotopic (exact) mass is 1920 g/mol. The van der Waals surface area contributed by atoms with E-state index in [-0.39, 0.29) is 58.8 Å².